The topological polar surface area (TPSA) is 9.23 Å². The van der Waals surface area contributed by atoms with Crippen molar-refractivity contribution in [2.45, 2.75) is 50.8 Å². The fraction of sp³-hybridized carbons (Fsp3) is 0.429. The monoisotopic (exact) mass is 360 g/mol. The summed E-state index contributed by atoms with van der Waals surface area (Å²) in [6, 6.07) is 6.37. The van der Waals surface area contributed by atoms with E-state index in [1.807, 2.05) is 0 Å². The van der Waals surface area contributed by atoms with E-state index in [2.05, 4.69) is 50.3 Å². The van der Waals surface area contributed by atoms with Gasteiger partial charge >= 0.3 is 0 Å². The zero-order chi connectivity index (χ0) is 16.9. The molecule has 1 nitrogen and oxygen atoms in total. The van der Waals surface area contributed by atoms with Crippen LogP contribution in [0.15, 0.2) is 56.8 Å². The number of aryl methyl sites for hydroxylation is 1. The van der Waals surface area contributed by atoms with Gasteiger partial charge in [0.25, 0.3) is 0 Å². The van der Waals surface area contributed by atoms with E-state index < -0.39 is 0 Å². The van der Waals surface area contributed by atoms with Gasteiger partial charge < -0.3 is 4.74 Å². The van der Waals surface area contributed by atoms with E-state index in [0.717, 1.165) is 23.8 Å². The Bertz CT molecular complexity index is 687. The minimum absolute atomic E-state index is 0.440. The van der Waals surface area contributed by atoms with Crippen molar-refractivity contribution in [3.63, 3.8) is 0 Å². The highest BCUT2D eigenvalue weighted by Crippen LogP contribution is 2.38. The molecule has 0 amide bonds. The van der Waals surface area contributed by atoms with Crippen molar-refractivity contribution in [2.24, 2.45) is 5.92 Å². The maximum atomic E-state index is 6.31. The molecule has 2 aliphatic rings. The Kier molecular flexibility index (Phi) is 6.13. The second-order valence-corrected chi connectivity index (χ2v) is 8.25. The average Bonchev–Trinajstić information content (AvgIpc) is 2.60. The number of allylic oxidation sites excluding steroid dienone is 4. The molecule has 0 saturated heterocycles. The Labute approximate surface area is 154 Å². The SMILES string of the molecule is Cc1ccc(OCC2=CCCCC2)cc1SC1=CCC(C)C(Cl)=C1. The first kappa shape index (κ1) is 17.7. The molecule has 1 aromatic rings. The van der Waals surface area contributed by atoms with E-state index in [4.69, 9.17) is 16.3 Å². The standard InChI is InChI=1S/C21H25ClOS/c1-15-9-11-19(13-20(15)22)24-21-12-18(10-8-16(21)2)23-14-17-6-4-3-5-7-17/h6,8,10-13,15H,3-5,7,9,14H2,1-2H3. The second kappa shape index (κ2) is 8.31. The summed E-state index contributed by atoms with van der Waals surface area (Å²) in [5.41, 5.74) is 2.71. The van der Waals surface area contributed by atoms with Gasteiger partial charge in [-0.1, -0.05) is 48.5 Å². The van der Waals surface area contributed by atoms with Gasteiger partial charge in [-0.05, 0) is 74.3 Å². The Morgan fingerprint density at radius 3 is 2.88 bits per heavy atom. The highest BCUT2D eigenvalue weighted by molar-refractivity contribution is 8.03. The van der Waals surface area contributed by atoms with E-state index in [1.165, 1.54) is 46.6 Å². The smallest absolute Gasteiger partial charge is 0.120 e. The average molecular weight is 361 g/mol. The predicted molar refractivity (Wildman–Crippen MR) is 105 cm³/mol. The minimum Gasteiger partial charge on any atom is -0.489 e. The van der Waals surface area contributed by atoms with Crippen LogP contribution in [0.1, 0.15) is 44.6 Å². The molecule has 0 spiro atoms. The minimum atomic E-state index is 0.440. The van der Waals surface area contributed by atoms with E-state index in [-0.39, 0.29) is 0 Å². The fourth-order valence-electron chi connectivity index (χ4n) is 2.93. The van der Waals surface area contributed by atoms with Gasteiger partial charge in [-0.3, -0.25) is 0 Å². The molecule has 0 radical (unpaired) electrons. The van der Waals surface area contributed by atoms with Crippen LogP contribution in [0, 0.1) is 12.8 Å². The molecule has 24 heavy (non-hydrogen) atoms. The molecule has 2 aliphatic carbocycles. The van der Waals surface area contributed by atoms with Crippen LogP contribution in [0.25, 0.3) is 0 Å². The highest BCUT2D eigenvalue weighted by atomic mass is 35.5. The molecule has 0 N–H and O–H groups in total. The first-order valence-corrected chi connectivity index (χ1v) is 9.98. The lowest BCUT2D eigenvalue weighted by molar-refractivity contribution is 0.342. The third-order valence-electron chi connectivity index (χ3n) is 4.62. The van der Waals surface area contributed by atoms with E-state index in [9.17, 15) is 0 Å². The van der Waals surface area contributed by atoms with Crippen LogP contribution in [-0.2, 0) is 0 Å². The Morgan fingerprint density at radius 1 is 1.25 bits per heavy atom. The first-order chi connectivity index (χ1) is 11.6. The first-order valence-electron chi connectivity index (χ1n) is 8.78. The van der Waals surface area contributed by atoms with Gasteiger partial charge in [0.05, 0.1) is 0 Å². The summed E-state index contributed by atoms with van der Waals surface area (Å²) in [6.45, 7) is 5.03. The van der Waals surface area contributed by atoms with Crippen LogP contribution in [-0.4, -0.2) is 6.61 Å². The molecular weight excluding hydrogens is 336 g/mol. The van der Waals surface area contributed by atoms with Gasteiger partial charge in [0.2, 0.25) is 0 Å². The molecule has 3 heteroatoms. The maximum Gasteiger partial charge on any atom is 0.120 e. The second-order valence-electron chi connectivity index (χ2n) is 6.70. The Balaban J connectivity index is 1.66. The lowest BCUT2D eigenvalue weighted by Crippen LogP contribution is -2.04. The van der Waals surface area contributed by atoms with Gasteiger partial charge in [0.1, 0.15) is 12.4 Å². The van der Waals surface area contributed by atoms with Gasteiger partial charge in [0, 0.05) is 14.8 Å². The van der Waals surface area contributed by atoms with Crippen LogP contribution in [0.5, 0.6) is 5.75 Å². The molecule has 128 valence electrons. The van der Waals surface area contributed by atoms with Gasteiger partial charge in [-0.25, -0.2) is 0 Å². The third-order valence-corrected chi connectivity index (χ3v) is 6.28. The lowest BCUT2D eigenvalue weighted by Gasteiger charge is -2.17. The summed E-state index contributed by atoms with van der Waals surface area (Å²) in [6.07, 6.45) is 12.7. The van der Waals surface area contributed by atoms with Crippen LogP contribution in [0.3, 0.4) is 0 Å². The molecule has 1 atom stereocenters. The number of rotatable bonds is 5. The van der Waals surface area contributed by atoms with Crippen LogP contribution < -0.4 is 4.74 Å². The normalized spacial score (nSPS) is 21.0. The van der Waals surface area contributed by atoms with Crippen LogP contribution in [0.4, 0.5) is 0 Å². The van der Waals surface area contributed by atoms with Crippen molar-refractivity contribution in [1.82, 2.24) is 0 Å². The van der Waals surface area contributed by atoms with E-state index in [0.29, 0.717) is 5.92 Å². The quantitative estimate of drug-likeness (QED) is 0.522. The summed E-state index contributed by atoms with van der Waals surface area (Å²) < 4.78 is 6.03. The van der Waals surface area contributed by atoms with Gasteiger partial charge in [-0.2, -0.15) is 0 Å². The third kappa shape index (κ3) is 4.70. The van der Waals surface area contributed by atoms with Gasteiger partial charge in [0.15, 0.2) is 0 Å². The molecule has 0 aliphatic heterocycles. The number of thioether (sulfide) groups is 1. The Hall–Kier alpha value is -1.12. The van der Waals surface area contributed by atoms with E-state index in [1.54, 1.807) is 11.8 Å². The van der Waals surface area contributed by atoms with Crippen LogP contribution in [0.2, 0.25) is 0 Å². The molecular formula is C21H25ClOS. The number of hydrogen-bond acceptors (Lipinski definition) is 2. The van der Waals surface area contributed by atoms with Crippen molar-refractivity contribution in [2.75, 3.05) is 6.61 Å². The van der Waals surface area contributed by atoms with Crippen molar-refractivity contribution in [1.29, 1.82) is 0 Å². The summed E-state index contributed by atoms with van der Waals surface area (Å²) in [4.78, 5) is 2.47. The van der Waals surface area contributed by atoms with Crippen molar-refractivity contribution < 1.29 is 4.74 Å². The fourth-order valence-corrected chi connectivity index (χ4v) is 4.23. The zero-order valence-corrected chi connectivity index (χ0v) is 16.1. The number of halogens is 1. The zero-order valence-electron chi connectivity index (χ0n) is 14.5. The summed E-state index contributed by atoms with van der Waals surface area (Å²) in [5, 5.41) is 0.953. The van der Waals surface area contributed by atoms with Crippen molar-refractivity contribution in [3.8, 4) is 5.75 Å². The predicted octanol–water partition coefficient (Wildman–Crippen LogP) is 7.01. The highest BCUT2D eigenvalue weighted by Gasteiger charge is 2.13. The van der Waals surface area contributed by atoms with Crippen molar-refractivity contribution >= 4 is 23.4 Å². The maximum absolute atomic E-state index is 6.31. The molecule has 0 fully saturated rings. The summed E-state index contributed by atoms with van der Waals surface area (Å²) in [5.74, 6) is 1.39. The number of hydrogen-bond donors (Lipinski definition) is 0. The molecule has 1 aromatic carbocycles. The largest absolute Gasteiger partial charge is 0.489 e. The summed E-state index contributed by atoms with van der Waals surface area (Å²) in [7, 11) is 0. The molecule has 3 rings (SSSR count). The molecule has 0 aromatic heterocycles. The van der Waals surface area contributed by atoms with Crippen LogP contribution >= 0.6 is 23.4 Å². The lowest BCUT2D eigenvalue weighted by atomic mass is 10.0. The van der Waals surface area contributed by atoms with E-state index >= 15 is 0 Å². The molecule has 0 bridgehead atoms. The van der Waals surface area contributed by atoms with Crippen molar-refractivity contribution in [3.05, 3.63) is 57.5 Å². The molecule has 0 heterocycles. The molecule has 0 saturated carbocycles. The number of ether oxygens (including phenoxy) is 1. The Morgan fingerprint density at radius 2 is 2.12 bits per heavy atom. The van der Waals surface area contributed by atoms with Gasteiger partial charge in [-0.15, -0.1) is 0 Å². The number of benzene rings is 1. The summed E-state index contributed by atoms with van der Waals surface area (Å²) >= 11 is 8.09. The molecule has 1 unspecified atom stereocenters.